The topological polar surface area (TPSA) is 68.3 Å². The number of hydrogen-bond donors (Lipinski definition) is 0. The van der Waals surface area contributed by atoms with E-state index in [2.05, 4.69) is 181 Å². The van der Waals surface area contributed by atoms with Crippen molar-refractivity contribution in [3.8, 4) is 11.5 Å². The predicted octanol–water partition coefficient (Wildman–Crippen LogP) is 15.1. The molecule has 0 heterocycles. The minimum Gasteiger partial charge on any atom is -0.423 e. The fraction of sp³-hybridized carbons (Fsp3) is 0.0625. The van der Waals surface area contributed by atoms with Crippen LogP contribution < -0.4 is 19.3 Å². The Morgan fingerprint density at radius 2 is 0.972 bits per heavy atom. The molecule has 0 spiro atoms. The lowest BCUT2D eigenvalue weighted by molar-refractivity contribution is -0.129. The number of ether oxygens (including phenoxy) is 3. The summed E-state index contributed by atoms with van der Waals surface area (Å²) < 4.78 is 17.3. The highest BCUT2D eigenvalue weighted by atomic mass is 16.5. The van der Waals surface area contributed by atoms with Gasteiger partial charge in [0, 0.05) is 57.8 Å². The molecule has 0 saturated heterocycles. The van der Waals surface area contributed by atoms with Gasteiger partial charge in [-0.1, -0.05) is 135 Å². The lowest BCUT2D eigenvalue weighted by Crippen LogP contribution is -2.32. The Morgan fingerprint density at radius 1 is 0.479 bits per heavy atom. The van der Waals surface area contributed by atoms with E-state index < -0.39 is 11.9 Å². The molecule has 4 aliphatic carbocycles. The lowest BCUT2D eigenvalue weighted by atomic mass is 9.64. The molecule has 342 valence electrons. The van der Waals surface area contributed by atoms with Gasteiger partial charge in [-0.2, -0.15) is 0 Å². The van der Waals surface area contributed by atoms with Crippen molar-refractivity contribution in [1.82, 2.24) is 0 Å². The van der Waals surface area contributed by atoms with Crippen LogP contribution in [0, 0.1) is 11.8 Å². The molecule has 0 amide bonds. The fourth-order valence-corrected chi connectivity index (χ4v) is 10.6. The molecule has 0 radical (unpaired) electrons. The second-order valence-electron chi connectivity index (χ2n) is 18.0. The minimum atomic E-state index is -0.505. The van der Waals surface area contributed by atoms with Gasteiger partial charge in [-0.3, -0.25) is 0 Å². The van der Waals surface area contributed by atoms with Gasteiger partial charge in [0.2, 0.25) is 0 Å². The number of nitrogens with zero attached hydrogens (tertiary/aromatic N) is 2. The van der Waals surface area contributed by atoms with Crippen molar-refractivity contribution in [2.45, 2.75) is 13.2 Å². The highest BCUT2D eigenvalue weighted by Gasteiger charge is 2.39. The van der Waals surface area contributed by atoms with E-state index in [0.29, 0.717) is 24.7 Å². The number of carbonyl (C=O) groups is 2. The molecule has 4 aliphatic rings. The first kappa shape index (κ1) is 43.3. The summed E-state index contributed by atoms with van der Waals surface area (Å²) in [4.78, 5) is 28.6. The Kier molecular flexibility index (Phi) is 11.0. The van der Waals surface area contributed by atoms with Crippen LogP contribution in [-0.2, 0) is 27.5 Å². The molecule has 12 rings (SSSR count). The monoisotopic (exact) mass is 922 g/mol. The third-order valence-corrected chi connectivity index (χ3v) is 13.9. The summed E-state index contributed by atoms with van der Waals surface area (Å²) in [6.45, 7) is 7.93. The van der Waals surface area contributed by atoms with E-state index in [1.165, 1.54) is 49.2 Å². The molecule has 0 N–H and O–H groups in total. The average Bonchev–Trinajstić information content (AvgIpc) is 3.42. The molecule has 0 saturated carbocycles. The van der Waals surface area contributed by atoms with Crippen molar-refractivity contribution in [2.24, 2.45) is 11.8 Å². The van der Waals surface area contributed by atoms with Crippen LogP contribution in [0.4, 0.5) is 28.4 Å². The van der Waals surface area contributed by atoms with Crippen LogP contribution in [0.25, 0.3) is 32.3 Å². The van der Waals surface area contributed by atoms with Crippen LogP contribution in [0.3, 0.4) is 0 Å². The molecule has 7 nitrogen and oxygen atoms in total. The maximum Gasteiger partial charge on any atom is 0.335 e. The van der Waals surface area contributed by atoms with Gasteiger partial charge in [0.15, 0.2) is 0 Å². The third kappa shape index (κ3) is 7.98. The van der Waals surface area contributed by atoms with Crippen LogP contribution in [0.1, 0.15) is 11.1 Å². The van der Waals surface area contributed by atoms with Crippen molar-refractivity contribution < 1.29 is 23.8 Å². The van der Waals surface area contributed by atoms with Crippen molar-refractivity contribution in [1.29, 1.82) is 0 Å². The van der Waals surface area contributed by atoms with E-state index in [4.69, 9.17) is 14.2 Å². The number of allylic oxidation sites excluding steroid dienone is 13. The number of anilines is 5. The predicted molar refractivity (Wildman–Crippen MR) is 286 cm³/mol. The van der Waals surface area contributed by atoms with Crippen LogP contribution in [0.5, 0.6) is 11.5 Å². The summed E-state index contributed by atoms with van der Waals surface area (Å²) in [5.74, 6) is 0.358. The molecule has 2 unspecified atom stereocenters. The summed E-state index contributed by atoms with van der Waals surface area (Å²) in [6.07, 6.45) is 22.4. The van der Waals surface area contributed by atoms with Gasteiger partial charge in [-0.15, -0.1) is 0 Å². The zero-order valence-corrected chi connectivity index (χ0v) is 38.7. The molecular weight excluding hydrogens is 877 g/mol. The average molecular weight is 923 g/mol. The van der Waals surface area contributed by atoms with Crippen LogP contribution in [-0.4, -0.2) is 11.9 Å². The molecule has 0 fully saturated rings. The molecule has 0 bridgehead atoms. The maximum atomic E-state index is 12.0. The van der Waals surface area contributed by atoms with E-state index in [-0.39, 0.29) is 11.8 Å². The van der Waals surface area contributed by atoms with Crippen molar-refractivity contribution in [3.05, 3.63) is 271 Å². The van der Waals surface area contributed by atoms with E-state index in [9.17, 15) is 9.59 Å². The Balaban J connectivity index is 0.810. The summed E-state index contributed by atoms with van der Waals surface area (Å²) in [5, 5.41) is 7.21. The molecule has 8 aromatic carbocycles. The van der Waals surface area contributed by atoms with Crippen LogP contribution >= 0.6 is 0 Å². The molecule has 8 aromatic rings. The van der Waals surface area contributed by atoms with Gasteiger partial charge in [0.1, 0.15) is 11.5 Å². The van der Waals surface area contributed by atoms with Crippen molar-refractivity contribution in [2.75, 3.05) is 9.80 Å². The number of hydrogen-bond acceptors (Lipinski definition) is 7. The zero-order chi connectivity index (χ0) is 48.0. The lowest BCUT2D eigenvalue weighted by Gasteiger charge is -2.42. The summed E-state index contributed by atoms with van der Waals surface area (Å²) in [6, 6.07) is 51.8. The molecule has 7 heteroatoms. The smallest absolute Gasteiger partial charge is 0.335 e. The maximum absolute atomic E-state index is 12.0. The van der Waals surface area contributed by atoms with E-state index in [1.807, 2.05) is 48.5 Å². The standard InChI is InChI=1S/C64H46N2O5/c1-3-59(67)70-53-31-27-51(28-32-53)65(57-37-21-47-17-15-43-7-5-9-45-19-35-55(57)63(47)61(43)45)49-23-11-41(12-24-49)39-69-40-42-13-25-50(26-14-42)66(52-29-33-54(34-30-52)71-60(68)4-2)58-38-22-48-18-16-44-8-6-10-46-20-36-56(58)64(48)62(44)46/h3-38,61,63H,1-2,39-40H2. The van der Waals surface area contributed by atoms with Crippen molar-refractivity contribution >= 4 is 72.7 Å². The summed E-state index contributed by atoms with van der Waals surface area (Å²) in [7, 11) is 0. The Hall–Kier alpha value is -9.04. The van der Waals surface area contributed by atoms with Gasteiger partial charge < -0.3 is 24.0 Å². The molecular formula is C64H46N2O5. The van der Waals surface area contributed by atoms with Gasteiger partial charge in [0.05, 0.1) is 18.9 Å². The number of benzene rings is 8. The molecule has 0 aromatic heterocycles. The Morgan fingerprint density at radius 3 is 1.56 bits per heavy atom. The first-order chi connectivity index (χ1) is 34.9. The highest BCUT2D eigenvalue weighted by Crippen LogP contribution is 2.51. The van der Waals surface area contributed by atoms with E-state index in [0.717, 1.165) is 62.8 Å². The fourth-order valence-electron chi connectivity index (χ4n) is 10.6. The quantitative estimate of drug-likeness (QED) is 0.0466. The van der Waals surface area contributed by atoms with E-state index >= 15 is 0 Å². The molecule has 2 atom stereocenters. The van der Waals surface area contributed by atoms with Crippen molar-refractivity contribution in [3.63, 3.8) is 0 Å². The SMILES string of the molecule is C=CC(=O)Oc1ccc(N(C2=C3C=CC4=CC=CC5=CC=C(C=C2)C3C45)c2ccc(COCc3ccc(N(c4ccc(OC(=O)C=C)cc4)c4ccc5ccc6cccc7ccc4c5c67)cc3)cc2)cc1. The summed E-state index contributed by atoms with van der Waals surface area (Å²) >= 11 is 0. The zero-order valence-electron chi connectivity index (χ0n) is 38.7. The van der Waals surface area contributed by atoms with Gasteiger partial charge >= 0.3 is 11.9 Å². The Bertz CT molecular complexity index is 3670. The van der Waals surface area contributed by atoms with Crippen LogP contribution in [0.15, 0.2) is 260 Å². The normalized spacial score (nSPS) is 16.3. The van der Waals surface area contributed by atoms with Gasteiger partial charge in [0.25, 0.3) is 0 Å². The second-order valence-corrected chi connectivity index (χ2v) is 18.0. The van der Waals surface area contributed by atoms with E-state index in [1.54, 1.807) is 0 Å². The van der Waals surface area contributed by atoms with Gasteiger partial charge in [-0.25, -0.2) is 9.59 Å². The molecule has 0 aliphatic heterocycles. The largest absolute Gasteiger partial charge is 0.423 e. The minimum absolute atomic E-state index is 0.200. The third-order valence-electron chi connectivity index (χ3n) is 13.9. The first-order valence-corrected chi connectivity index (χ1v) is 23.7. The number of carbonyl (C=O) groups excluding carboxylic acids is 2. The van der Waals surface area contributed by atoms with Crippen LogP contribution in [0.2, 0.25) is 0 Å². The summed E-state index contributed by atoms with van der Waals surface area (Å²) in [5.41, 5.74) is 13.2. The molecule has 71 heavy (non-hydrogen) atoms. The second kappa shape index (κ2) is 18.1. The highest BCUT2D eigenvalue weighted by molar-refractivity contribution is 6.25. The Labute approximate surface area is 411 Å². The van der Waals surface area contributed by atoms with Gasteiger partial charge in [-0.05, 0) is 145 Å². The first-order valence-electron chi connectivity index (χ1n) is 23.7. The number of rotatable bonds is 14. The number of esters is 2.